The first-order chi connectivity index (χ1) is 8.98. The van der Waals surface area contributed by atoms with Gasteiger partial charge in [-0.2, -0.15) is 0 Å². The molecule has 0 fully saturated rings. The van der Waals surface area contributed by atoms with Gasteiger partial charge in [-0.25, -0.2) is 0 Å². The zero-order chi connectivity index (χ0) is 13.9. The first-order valence-electron chi connectivity index (χ1n) is 6.67. The van der Waals surface area contributed by atoms with Crippen LogP contribution in [0.1, 0.15) is 32.8 Å². The molecule has 0 bridgehead atoms. The number of amidine groups is 1. The van der Waals surface area contributed by atoms with E-state index in [1.165, 1.54) is 0 Å². The van der Waals surface area contributed by atoms with E-state index in [0.29, 0.717) is 0 Å². The van der Waals surface area contributed by atoms with E-state index in [-0.39, 0.29) is 5.91 Å². The van der Waals surface area contributed by atoms with Crippen molar-refractivity contribution in [1.82, 2.24) is 5.32 Å². The molecule has 1 amide bonds. The molecule has 1 aromatic rings. The lowest BCUT2D eigenvalue weighted by Gasteiger charge is -2.21. The Bertz CT molecular complexity index is 500. The average Bonchev–Trinajstić information content (AvgIpc) is 2.39. The molecule has 102 valence electrons. The van der Waals surface area contributed by atoms with Crippen molar-refractivity contribution >= 4 is 17.4 Å². The van der Waals surface area contributed by atoms with E-state index >= 15 is 0 Å². The third kappa shape index (κ3) is 3.34. The Balaban J connectivity index is 2.26. The van der Waals surface area contributed by atoms with E-state index in [2.05, 4.69) is 15.6 Å². The SMILES string of the molecule is CC(C)(C)C(=O)Nc1ccccc1C1=NCCCN1. The molecular formula is C15H21N3O. The lowest BCUT2D eigenvalue weighted by atomic mass is 9.95. The summed E-state index contributed by atoms with van der Waals surface area (Å²) in [6.45, 7) is 7.48. The van der Waals surface area contributed by atoms with Crippen LogP contribution in [0, 0.1) is 5.41 Å². The highest BCUT2D eigenvalue weighted by Crippen LogP contribution is 2.21. The number of benzene rings is 1. The first-order valence-corrected chi connectivity index (χ1v) is 6.67. The molecule has 0 unspecified atom stereocenters. The summed E-state index contributed by atoms with van der Waals surface area (Å²) >= 11 is 0. The van der Waals surface area contributed by atoms with E-state index in [9.17, 15) is 4.79 Å². The minimum Gasteiger partial charge on any atom is -0.370 e. The van der Waals surface area contributed by atoms with Crippen LogP contribution < -0.4 is 10.6 Å². The number of hydrogen-bond donors (Lipinski definition) is 2. The minimum atomic E-state index is -0.408. The van der Waals surface area contributed by atoms with Crippen molar-refractivity contribution in [2.75, 3.05) is 18.4 Å². The number of anilines is 1. The van der Waals surface area contributed by atoms with Crippen molar-refractivity contribution in [3.05, 3.63) is 29.8 Å². The van der Waals surface area contributed by atoms with Crippen LogP contribution in [-0.4, -0.2) is 24.8 Å². The Labute approximate surface area is 114 Å². The second kappa shape index (κ2) is 5.43. The standard InChI is InChI=1S/C15H21N3O/c1-15(2,3)14(19)18-12-8-5-4-7-11(12)13-16-9-6-10-17-13/h4-5,7-8H,6,9-10H2,1-3H3,(H,16,17)(H,18,19). The summed E-state index contributed by atoms with van der Waals surface area (Å²) in [5.41, 5.74) is 1.37. The zero-order valence-corrected chi connectivity index (χ0v) is 11.8. The van der Waals surface area contributed by atoms with Crippen molar-refractivity contribution in [1.29, 1.82) is 0 Å². The van der Waals surface area contributed by atoms with Gasteiger partial charge in [-0.05, 0) is 18.6 Å². The summed E-state index contributed by atoms with van der Waals surface area (Å²) < 4.78 is 0. The summed E-state index contributed by atoms with van der Waals surface area (Å²) in [4.78, 5) is 16.6. The molecule has 4 heteroatoms. The summed E-state index contributed by atoms with van der Waals surface area (Å²) in [6.07, 6.45) is 1.06. The number of amides is 1. The summed E-state index contributed by atoms with van der Waals surface area (Å²) in [7, 11) is 0. The fourth-order valence-corrected chi connectivity index (χ4v) is 1.82. The quantitative estimate of drug-likeness (QED) is 0.857. The third-order valence-corrected chi connectivity index (χ3v) is 3.01. The van der Waals surface area contributed by atoms with Gasteiger partial charge in [0.25, 0.3) is 0 Å². The van der Waals surface area contributed by atoms with Gasteiger partial charge in [0.05, 0.1) is 5.69 Å². The Morgan fingerprint density at radius 2 is 2.05 bits per heavy atom. The van der Waals surface area contributed by atoms with Crippen molar-refractivity contribution < 1.29 is 4.79 Å². The van der Waals surface area contributed by atoms with Crippen LogP contribution in [0.15, 0.2) is 29.3 Å². The topological polar surface area (TPSA) is 53.5 Å². The van der Waals surface area contributed by atoms with Gasteiger partial charge in [0.15, 0.2) is 0 Å². The second-order valence-corrected chi connectivity index (χ2v) is 5.76. The lowest BCUT2D eigenvalue weighted by Crippen LogP contribution is -2.32. The number of carbonyl (C=O) groups excluding carboxylic acids is 1. The van der Waals surface area contributed by atoms with Crippen LogP contribution in [0.5, 0.6) is 0 Å². The number of carbonyl (C=O) groups is 1. The van der Waals surface area contributed by atoms with Gasteiger partial charge in [-0.3, -0.25) is 9.79 Å². The summed E-state index contributed by atoms with van der Waals surface area (Å²) in [5, 5.41) is 6.27. The first kappa shape index (κ1) is 13.6. The van der Waals surface area contributed by atoms with Crippen molar-refractivity contribution in [2.45, 2.75) is 27.2 Å². The van der Waals surface area contributed by atoms with E-state index in [1.54, 1.807) is 0 Å². The maximum atomic E-state index is 12.1. The number of para-hydroxylation sites is 1. The van der Waals surface area contributed by atoms with E-state index in [0.717, 1.165) is 36.6 Å². The highest BCUT2D eigenvalue weighted by molar-refractivity contribution is 6.07. The molecule has 0 radical (unpaired) electrons. The molecule has 2 N–H and O–H groups in total. The number of hydrogen-bond acceptors (Lipinski definition) is 3. The van der Waals surface area contributed by atoms with Gasteiger partial charge in [0.2, 0.25) is 5.91 Å². The Kier molecular flexibility index (Phi) is 3.88. The summed E-state index contributed by atoms with van der Waals surface area (Å²) in [6, 6.07) is 7.78. The van der Waals surface area contributed by atoms with E-state index in [1.807, 2.05) is 45.0 Å². The van der Waals surface area contributed by atoms with Gasteiger partial charge < -0.3 is 10.6 Å². The smallest absolute Gasteiger partial charge is 0.229 e. The fraction of sp³-hybridized carbons (Fsp3) is 0.467. The second-order valence-electron chi connectivity index (χ2n) is 5.76. The molecule has 0 saturated heterocycles. The molecule has 0 aromatic heterocycles. The molecule has 1 aromatic carbocycles. The van der Waals surface area contributed by atoms with Gasteiger partial charge in [-0.1, -0.05) is 32.9 Å². The zero-order valence-electron chi connectivity index (χ0n) is 11.8. The molecule has 4 nitrogen and oxygen atoms in total. The largest absolute Gasteiger partial charge is 0.370 e. The average molecular weight is 259 g/mol. The molecule has 0 saturated carbocycles. The third-order valence-electron chi connectivity index (χ3n) is 3.01. The minimum absolute atomic E-state index is 0.0105. The molecule has 2 rings (SSSR count). The normalized spacial score (nSPS) is 15.4. The van der Waals surface area contributed by atoms with Gasteiger partial charge in [-0.15, -0.1) is 0 Å². The van der Waals surface area contributed by atoms with Crippen LogP contribution >= 0.6 is 0 Å². The van der Waals surface area contributed by atoms with Crippen LogP contribution in [0.25, 0.3) is 0 Å². The van der Waals surface area contributed by atoms with Crippen molar-refractivity contribution in [3.8, 4) is 0 Å². The maximum Gasteiger partial charge on any atom is 0.229 e. The van der Waals surface area contributed by atoms with Gasteiger partial charge in [0, 0.05) is 24.1 Å². The number of aliphatic imine (C=N–C) groups is 1. The number of nitrogens with one attached hydrogen (secondary N) is 2. The van der Waals surface area contributed by atoms with Crippen molar-refractivity contribution in [2.24, 2.45) is 10.4 Å². The Hall–Kier alpha value is -1.84. The molecule has 1 aliphatic rings. The molecule has 0 spiro atoms. The fourth-order valence-electron chi connectivity index (χ4n) is 1.82. The number of rotatable bonds is 2. The van der Waals surface area contributed by atoms with Crippen LogP contribution in [-0.2, 0) is 4.79 Å². The van der Waals surface area contributed by atoms with Crippen LogP contribution in [0.2, 0.25) is 0 Å². The van der Waals surface area contributed by atoms with Crippen LogP contribution in [0.4, 0.5) is 5.69 Å². The highest BCUT2D eigenvalue weighted by Gasteiger charge is 2.22. The molecule has 0 atom stereocenters. The molecule has 1 aliphatic heterocycles. The van der Waals surface area contributed by atoms with Crippen LogP contribution in [0.3, 0.4) is 0 Å². The molecule has 19 heavy (non-hydrogen) atoms. The molecule has 0 aliphatic carbocycles. The highest BCUT2D eigenvalue weighted by atomic mass is 16.2. The lowest BCUT2D eigenvalue weighted by molar-refractivity contribution is -0.123. The Morgan fingerprint density at radius 3 is 2.68 bits per heavy atom. The molecule has 1 heterocycles. The maximum absolute atomic E-state index is 12.1. The predicted octanol–water partition coefficient (Wildman–Crippen LogP) is 2.41. The van der Waals surface area contributed by atoms with E-state index in [4.69, 9.17) is 0 Å². The molecular weight excluding hydrogens is 238 g/mol. The van der Waals surface area contributed by atoms with Crippen molar-refractivity contribution in [3.63, 3.8) is 0 Å². The van der Waals surface area contributed by atoms with E-state index < -0.39 is 5.41 Å². The monoisotopic (exact) mass is 259 g/mol. The predicted molar refractivity (Wildman–Crippen MR) is 78.6 cm³/mol. The Morgan fingerprint density at radius 1 is 1.32 bits per heavy atom. The van der Waals surface area contributed by atoms with Gasteiger partial charge >= 0.3 is 0 Å². The number of nitrogens with zero attached hydrogens (tertiary/aromatic N) is 1. The van der Waals surface area contributed by atoms with Gasteiger partial charge in [0.1, 0.15) is 5.84 Å². The summed E-state index contributed by atoms with van der Waals surface area (Å²) in [5.74, 6) is 0.882.